The summed E-state index contributed by atoms with van der Waals surface area (Å²) in [6, 6.07) is 5.63. The van der Waals surface area contributed by atoms with E-state index in [4.69, 9.17) is 20.6 Å². The number of halogens is 3. The van der Waals surface area contributed by atoms with Gasteiger partial charge < -0.3 is 23.8 Å². The Labute approximate surface area is 349 Å². The molecule has 0 amide bonds. The van der Waals surface area contributed by atoms with Crippen molar-refractivity contribution in [2.24, 2.45) is 33.7 Å². The van der Waals surface area contributed by atoms with E-state index in [0.29, 0.717) is 81.6 Å². The van der Waals surface area contributed by atoms with Crippen molar-refractivity contribution in [2.75, 3.05) is 36.0 Å². The van der Waals surface area contributed by atoms with Crippen molar-refractivity contribution >= 4 is 47.3 Å². The molecule has 8 atom stereocenters. The molecule has 6 aromatic heterocycles. The third kappa shape index (κ3) is 7.37. The lowest BCUT2D eigenvalue weighted by Crippen LogP contribution is -2.25. The second kappa shape index (κ2) is 15.5. The molecule has 6 aliphatic rings. The minimum Gasteiger partial charge on any atom is -0.356 e. The average molecular weight is 851 g/mol. The lowest BCUT2D eigenvalue weighted by Gasteiger charge is -2.20. The predicted molar refractivity (Wildman–Crippen MR) is 216 cm³/mol. The number of piperidine rings is 2. The van der Waals surface area contributed by atoms with Gasteiger partial charge in [0.25, 0.3) is 11.1 Å². The number of pyridine rings is 2. The van der Waals surface area contributed by atoms with Gasteiger partial charge in [-0.3, -0.25) is 14.2 Å². The number of aromatic nitrogens is 10. The maximum absolute atomic E-state index is 13.4. The molecule has 12 rings (SSSR count). The van der Waals surface area contributed by atoms with Crippen LogP contribution in [0.1, 0.15) is 72.1 Å². The number of hydrogen-bond donors (Lipinski definition) is 1. The summed E-state index contributed by atoms with van der Waals surface area (Å²) in [5.41, 5.74) is 1.05. The highest BCUT2D eigenvalue weighted by atomic mass is 35.5. The zero-order chi connectivity index (χ0) is 41.9. The number of aromatic amines is 1. The molecular weight excluding hydrogens is 814 g/mol. The molecule has 61 heavy (non-hydrogen) atoms. The molecule has 2 saturated carbocycles. The molecule has 4 fully saturated rings. The van der Waals surface area contributed by atoms with Crippen molar-refractivity contribution in [3.05, 3.63) is 116 Å². The van der Waals surface area contributed by atoms with E-state index in [2.05, 4.69) is 65.0 Å². The Bertz CT molecular complexity index is 2790. The highest BCUT2D eigenvalue weighted by molar-refractivity contribution is 6.16. The quantitative estimate of drug-likeness (QED) is 0.216. The maximum Gasteiger partial charge on any atom is 0.259 e. The molecule has 1 N–H and O–H groups in total. The van der Waals surface area contributed by atoms with Crippen LogP contribution in [0.15, 0.2) is 77.9 Å². The number of fused-ring (bicyclic) bond motifs is 4. The predicted octanol–water partition coefficient (Wildman–Crippen LogP) is 4.66. The topological polar surface area (TPSA) is 215 Å². The maximum atomic E-state index is 13.4. The van der Waals surface area contributed by atoms with Crippen LogP contribution in [0.25, 0.3) is 0 Å². The van der Waals surface area contributed by atoms with Crippen molar-refractivity contribution in [3.8, 4) is 0 Å². The third-order valence-electron chi connectivity index (χ3n) is 12.1. The first-order chi connectivity index (χ1) is 29.6. The van der Waals surface area contributed by atoms with Gasteiger partial charge in [0.15, 0.2) is 23.3 Å². The Balaban J connectivity index is 0.000000123. The van der Waals surface area contributed by atoms with Crippen LogP contribution in [0.2, 0.25) is 0 Å². The SMILES string of the molecule is CC1C=Nc2nc[nH]c(=O)c21.CC1C=Nc2ncn(Cc3nc(C4[C@H]5CN(c6cc(F)ccn6)C[C@@H]45)no3)c(=O)c21.Fc1ccnc(N2C[C@@H]3C(c4noc(CCl)n4)[C@@H]3C2)c1. The number of hydrogen-bond acceptors (Lipinski definition) is 16. The number of anilines is 2. The summed E-state index contributed by atoms with van der Waals surface area (Å²) in [5, 5.41) is 8.12. The lowest BCUT2D eigenvalue weighted by molar-refractivity contribution is 0.363. The number of nitrogens with one attached hydrogen (secondary N) is 1. The fraction of sp³-hybridized carbons (Fsp3) is 0.400. The molecule has 21 heteroatoms. The number of aliphatic imine (C=N–C) groups is 2. The first kappa shape index (κ1) is 38.6. The summed E-state index contributed by atoms with van der Waals surface area (Å²) in [5.74, 6) is 6.83. The number of nitrogens with zero attached hydrogens (tertiary/aromatic N) is 13. The summed E-state index contributed by atoms with van der Waals surface area (Å²) in [6.45, 7) is 7.32. The smallest absolute Gasteiger partial charge is 0.259 e. The molecule has 0 radical (unpaired) electrons. The first-order valence-corrected chi connectivity index (χ1v) is 20.4. The van der Waals surface area contributed by atoms with Gasteiger partial charge in [-0.15, -0.1) is 11.6 Å². The van der Waals surface area contributed by atoms with Gasteiger partial charge >= 0.3 is 0 Å². The van der Waals surface area contributed by atoms with Crippen LogP contribution in [0.3, 0.4) is 0 Å². The fourth-order valence-electron chi connectivity index (χ4n) is 8.94. The summed E-state index contributed by atoms with van der Waals surface area (Å²) >= 11 is 5.66. The minimum absolute atomic E-state index is 0.0490. The Morgan fingerprint density at radius 1 is 0.738 bits per heavy atom. The Kier molecular flexibility index (Phi) is 9.80. The van der Waals surface area contributed by atoms with Crippen LogP contribution in [-0.2, 0) is 12.4 Å². The van der Waals surface area contributed by atoms with E-state index >= 15 is 0 Å². The van der Waals surface area contributed by atoms with E-state index in [1.54, 1.807) is 12.4 Å². The summed E-state index contributed by atoms with van der Waals surface area (Å²) in [7, 11) is 0. The highest BCUT2D eigenvalue weighted by Gasteiger charge is 2.59. The minimum atomic E-state index is -0.280. The average Bonchev–Trinajstić information content (AvgIpc) is 3.82. The van der Waals surface area contributed by atoms with E-state index in [1.165, 1.54) is 53.9 Å². The third-order valence-corrected chi connectivity index (χ3v) is 12.3. The van der Waals surface area contributed by atoms with Gasteiger partial charge in [-0.1, -0.05) is 24.2 Å². The van der Waals surface area contributed by atoms with E-state index in [0.717, 1.165) is 32.0 Å². The first-order valence-electron chi connectivity index (χ1n) is 19.8. The molecule has 0 bridgehead atoms. The molecule has 10 heterocycles. The molecule has 4 aliphatic heterocycles. The van der Waals surface area contributed by atoms with Crippen LogP contribution in [-0.4, -0.2) is 88.4 Å². The van der Waals surface area contributed by atoms with Crippen LogP contribution < -0.4 is 20.9 Å². The highest BCUT2D eigenvalue weighted by Crippen LogP contribution is 2.58. The molecule has 2 aliphatic carbocycles. The Morgan fingerprint density at radius 3 is 1.79 bits per heavy atom. The number of H-pyrrole nitrogens is 1. The van der Waals surface area contributed by atoms with Gasteiger partial charge in [0.05, 0.1) is 17.5 Å². The summed E-state index contributed by atoms with van der Waals surface area (Å²) < 4.78 is 38.6. The number of rotatable bonds is 7. The molecule has 2 saturated heterocycles. The second-order valence-corrected chi connectivity index (χ2v) is 16.2. The zero-order valence-corrected chi connectivity index (χ0v) is 33.5. The van der Waals surface area contributed by atoms with Gasteiger partial charge in [0.1, 0.15) is 42.0 Å². The van der Waals surface area contributed by atoms with Crippen molar-refractivity contribution in [3.63, 3.8) is 0 Å². The van der Waals surface area contributed by atoms with E-state index in [-0.39, 0.29) is 52.9 Å². The monoisotopic (exact) mass is 850 g/mol. The van der Waals surface area contributed by atoms with E-state index in [9.17, 15) is 18.4 Å². The van der Waals surface area contributed by atoms with E-state index in [1.807, 2.05) is 13.8 Å². The molecule has 0 spiro atoms. The van der Waals surface area contributed by atoms with Crippen LogP contribution in [0, 0.1) is 35.3 Å². The van der Waals surface area contributed by atoms with Crippen LogP contribution in [0.4, 0.5) is 32.1 Å². The van der Waals surface area contributed by atoms with Crippen LogP contribution in [0.5, 0.6) is 0 Å². The van der Waals surface area contributed by atoms with Gasteiger partial charge in [-0.2, -0.15) is 9.97 Å². The van der Waals surface area contributed by atoms with Gasteiger partial charge in [0, 0.05) is 86.8 Å². The largest absolute Gasteiger partial charge is 0.356 e. The molecule has 6 aromatic rings. The van der Waals surface area contributed by atoms with Crippen molar-refractivity contribution < 1.29 is 17.8 Å². The zero-order valence-electron chi connectivity index (χ0n) is 32.7. The van der Waals surface area contributed by atoms with Crippen molar-refractivity contribution in [2.45, 2.75) is 49.9 Å². The van der Waals surface area contributed by atoms with E-state index < -0.39 is 0 Å². The standard InChI is InChI=1S/C20H18FN7O2.C13H12ClFN4O.C7H7N3O/c1-10-5-23-18-16(10)20(29)28(9-24-18)8-15-25-19(26-30-15)17-12-6-27(7-13(12)17)14-4-11(21)2-3-22-14;14-4-11-17-13(18-20-11)12-8-5-19(6-9(8)12)10-3-7(15)1-2-16-10;1-4-2-8-6-5(4)7(11)10-3-9-6/h2-5,9-10,12-13,17H,6-8H2,1H3;1-3,8-9,12H,4-6H2;2-4H,1H3,(H,9,10,11)/t10?,12-,13+,17?;8-,9+,12?;. The second-order valence-electron chi connectivity index (χ2n) is 15.9. The van der Waals surface area contributed by atoms with Crippen LogP contribution >= 0.6 is 11.6 Å². The molecule has 18 nitrogen and oxygen atoms in total. The molecular formula is C40H37ClF2N14O4. The normalized spacial score (nSPS) is 25.6. The summed E-state index contributed by atoms with van der Waals surface area (Å²) in [6.07, 6.45) is 9.28. The Morgan fingerprint density at radius 2 is 1.26 bits per heavy atom. The lowest BCUT2D eigenvalue weighted by atomic mass is 10.1. The van der Waals surface area contributed by atoms with Crippen molar-refractivity contribution in [1.29, 1.82) is 0 Å². The summed E-state index contributed by atoms with van der Waals surface area (Å²) in [4.78, 5) is 64.1. The molecule has 0 aromatic carbocycles. The van der Waals surface area contributed by atoms with Gasteiger partial charge in [-0.25, -0.2) is 38.7 Å². The van der Waals surface area contributed by atoms with Gasteiger partial charge in [-0.05, 0) is 35.8 Å². The number of alkyl halides is 1. The molecule has 4 unspecified atom stereocenters. The van der Waals surface area contributed by atoms with Gasteiger partial charge in [0.2, 0.25) is 11.8 Å². The molecule has 312 valence electrons. The fourth-order valence-corrected chi connectivity index (χ4v) is 9.04. The van der Waals surface area contributed by atoms with Crippen molar-refractivity contribution in [1.82, 2.24) is 49.8 Å². The Hall–Kier alpha value is -6.57.